The minimum atomic E-state index is -0.483. The summed E-state index contributed by atoms with van der Waals surface area (Å²) in [5.41, 5.74) is 16.6. The third-order valence-electron chi connectivity index (χ3n) is 14.2. The molecule has 0 bridgehead atoms. The summed E-state index contributed by atoms with van der Waals surface area (Å²) in [5, 5.41) is 12.3. The summed E-state index contributed by atoms with van der Waals surface area (Å²) in [6.45, 7) is 16.7. The van der Waals surface area contributed by atoms with E-state index in [4.69, 9.17) is 40.5 Å². The van der Waals surface area contributed by atoms with Crippen LogP contribution < -0.4 is 26.6 Å². The number of rotatable bonds is 9. The Balaban J connectivity index is 0.000000183. The number of nitrogens with two attached hydrogens (primary N) is 2. The van der Waals surface area contributed by atoms with Crippen LogP contribution in [0.15, 0.2) is 76.8 Å². The summed E-state index contributed by atoms with van der Waals surface area (Å²) in [7, 11) is 3.41. The number of carbonyl (C=O) groups excluding carboxylic acids is 3. The van der Waals surface area contributed by atoms with Crippen molar-refractivity contribution < 1.29 is 38.4 Å². The number of allylic oxidation sites excluding steroid dienone is 5. The second kappa shape index (κ2) is 25.6. The van der Waals surface area contributed by atoms with Gasteiger partial charge >= 0.3 is 12.2 Å². The molecule has 76 heavy (non-hydrogen) atoms. The van der Waals surface area contributed by atoms with E-state index in [9.17, 15) is 14.4 Å². The van der Waals surface area contributed by atoms with E-state index in [1.54, 1.807) is 36.3 Å². The van der Waals surface area contributed by atoms with Crippen molar-refractivity contribution in [2.45, 2.75) is 130 Å². The second-order valence-electron chi connectivity index (χ2n) is 21.9. The van der Waals surface area contributed by atoms with Crippen molar-refractivity contribution >= 4 is 58.5 Å². The first-order valence-corrected chi connectivity index (χ1v) is 26.9. The summed E-state index contributed by atoms with van der Waals surface area (Å²) in [4.78, 5) is 66.6. The number of nitrogens with zero attached hydrogens (tertiary/aromatic N) is 9. The number of anilines is 4. The largest absolute Gasteiger partial charge is 0.515 e. The molecule has 4 aliphatic carbocycles. The van der Waals surface area contributed by atoms with Gasteiger partial charge in [-0.2, -0.15) is 4.99 Å². The van der Waals surface area contributed by atoms with E-state index < -0.39 is 11.2 Å². The molecular weight excluding hydrogens is 969 g/mol. The quantitative estimate of drug-likeness (QED) is 0.0675. The molecule has 412 valence electrons. The molecule has 2 saturated heterocycles. The van der Waals surface area contributed by atoms with Gasteiger partial charge in [0.05, 0.1) is 49.9 Å². The third-order valence-corrected chi connectivity index (χ3v) is 14.2. The highest BCUT2D eigenvalue weighted by atomic mass is 16.6. The minimum absolute atomic E-state index is 0.00231. The lowest BCUT2D eigenvalue weighted by molar-refractivity contribution is -0.113. The van der Waals surface area contributed by atoms with Crippen molar-refractivity contribution in [1.82, 2.24) is 29.7 Å². The number of amides is 2. The van der Waals surface area contributed by atoms with Crippen molar-refractivity contribution in [2.75, 3.05) is 81.7 Å². The number of guanidine groups is 1. The molecule has 5 heterocycles. The van der Waals surface area contributed by atoms with E-state index in [-0.39, 0.29) is 23.9 Å². The van der Waals surface area contributed by atoms with Crippen LogP contribution in [-0.2, 0) is 30.2 Å². The Kier molecular flexibility index (Phi) is 19.1. The number of aryl methyl sites for hydroxylation is 1. The van der Waals surface area contributed by atoms with Gasteiger partial charge in [-0.15, -0.1) is 0 Å². The number of hydrogen-bond donors (Lipinski definition) is 4. The number of methoxy groups -OCH3 is 2. The van der Waals surface area contributed by atoms with Gasteiger partial charge in [-0.3, -0.25) is 4.79 Å². The van der Waals surface area contributed by atoms with Crippen LogP contribution in [0.1, 0.15) is 123 Å². The van der Waals surface area contributed by atoms with Crippen molar-refractivity contribution in [1.29, 1.82) is 0 Å². The molecule has 2 saturated carbocycles. The van der Waals surface area contributed by atoms with Crippen LogP contribution in [0.2, 0.25) is 0 Å². The second-order valence-corrected chi connectivity index (χ2v) is 21.9. The van der Waals surface area contributed by atoms with Gasteiger partial charge < -0.3 is 60.4 Å². The highest BCUT2D eigenvalue weighted by Crippen LogP contribution is 2.43. The minimum Gasteiger partial charge on any atom is -0.515 e. The van der Waals surface area contributed by atoms with E-state index in [0.29, 0.717) is 67.6 Å². The molecule has 4 fully saturated rings. The van der Waals surface area contributed by atoms with Crippen LogP contribution in [0.3, 0.4) is 0 Å². The number of ketones is 1. The Morgan fingerprint density at radius 3 is 1.63 bits per heavy atom. The lowest BCUT2D eigenvalue weighted by Gasteiger charge is -2.36. The maximum absolute atomic E-state index is 12.3. The zero-order valence-electron chi connectivity index (χ0n) is 45.9. The number of aliphatic hydroxyl groups excluding tert-OH is 1. The first-order chi connectivity index (χ1) is 36.3. The van der Waals surface area contributed by atoms with Gasteiger partial charge in [0.1, 0.15) is 28.5 Å². The molecule has 2 amide bonds. The highest BCUT2D eigenvalue weighted by Gasteiger charge is 2.34. The summed E-state index contributed by atoms with van der Waals surface area (Å²) in [5.74, 6) is 4.49. The SMILES string of the molecule is CC(C)(C)OC(=O)N1CCN(c2ccc(N=C(N)N)nc2)CC1.COC1=C(C2CCCC2)C(=O)/C(=C\O)CC1.COC1=C(C2CCCC2)c2nc(Nc3ccc(N4CCN(C(=O)OC(C)(C)C)CC4)cn3)ncc2CC1. The van der Waals surface area contributed by atoms with Crippen molar-refractivity contribution in [3.8, 4) is 0 Å². The number of carbonyl (C=O) groups is 3. The first-order valence-electron chi connectivity index (χ1n) is 26.9. The molecule has 0 spiro atoms. The maximum Gasteiger partial charge on any atom is 0.410 e. The predicted octanol–water partition coefficient (Wildman–Crippen LogP) is 9.09. The third kappa shape index (κ3) is 15.3. The molecule has 6 N–H and O–H groups in total. The maximum atomic E-state index is 12.3. The van der Waals surface area contributed by atoms with Gasteiger partial charge in [-0.1, -0.05) is 25.7 Å². The Morgan fingerprint density at radius 1 is 0.671 bits per heavy atom. The number of hydrogen-bond acceptors (Lipinski definition) is 16. The Hall–Kier alpha value is -7.12. The van der Waals surface area contributed by atoms with E-state index in [1.807, 2.05) is 72.1 Å². The molecule has 20 heteroatoms. The van der Waals surface area contributed by atoms with Gasteiger partial charge in [0.25, 0.3) is 0 Å². The van der Waals surface area contributed by atoms with Crippen molar-refractivity contribution in [3.05, 3.63) is 83.0 Å². The number of aliphatic imine (C=N–C) groups is 1. The van der Waals surface area contributed by atoms with Crippen LogP contribution in [0.25, 0.3) is 5.57 Å². The lowest BCUT2D eigenvalue weighted by Crippen LogP contribution is -2.50. The molecule has 0 radical (unpaired) electrons. The normalized spacial score (nSPS) is 19.1. The van der Waals surface area contributed by atoms with E-state index in [1.165, 1.54) is 49.7 Å². The zero-order chi connectivity index (χ0) is 54.6. The highest BCUT2D eigenvalue weighted by molar-refractivity contribution is 6.09. The van der Waals surface area contributed by atoms with Crippen LogP contribution in [0, 0.1) is 11.8 Å². The molecular formula is C56H80N12O8. The number of piperazine rings is 2. The summed E-state index contributed by atoms with van der Waals surface area (Å²) >= 11 is 0. The predicted molar refractivity (Wildman–Crippen MR) is 294 cm³/mol. The summed E-state index contributed by atoms with van der Waals surface area (Å²) < 4.78 is 22.0. The number of aromatic nitrogens is 4. The number of fused-ring (bicyclic) bond motifs is 1. The fourth-order valence-corrected chi connectivity index (χ4v) is 10.5. The van der Waals surface area contributed by atoms with E-state index in [2.05, 4.69) is 35.1 Å². The Bertz CT molecular complexity index is 2590. The molecule has 0 aromatic carbocycles. The van der Waals surface area contributed by atoms with E-state index in [0.717, 1.165) is 98.7 Å². The molecule has 2 aliphatic heterocycles. The van der Waals surface area contributed by atoms with Gasteiger partial charge in [0.2, 0.25) is 5.95 Å². The molecule has 6 aliphatic rings. The molecule has 9 rings (SSSR count). The van der Waals surface area contributed by atoms with Crippen LogP contribution in [0.5, 0.6) is 0 Å². The van der Waals surface area contributed by atoms with Crippen molar-refractivity contribution in [2.24, 2.45) is 28.3 Å². The first kappa shape index (κ1) is 56.6. The van der Waals surface area contributed by atoms with Crippen LogP contribution in [0.4, 0.5) is 38.5 Å². The summed E-state index contributed by atoms with van der Waals surface area (Å²) in [6, 6.07) is 7.67. The standard InChI is InChI=1S/C28H38N6O3.C15H24N6O2.C13H18O3/c1-28(2,3)37-27(35)34-15-13-33(14-16-34)21-10-12-23(29-18-21)31-26-30-17-20-9-11-22(36-4)24(25(20)32-26)19-7-5-6-8-19;1-15(2,3)23-14(22)21-8-6-20(7-9-21)11-4-5-12(18-10-11)19-13(16)17;1-16-11-7-6-10(8-14)13(15)12(11)9-4-2-3-5-9/h10,12,17-19H,5-9,11,13-16H2,1-4H3,(H,29,30,31,32);4-5,10H,6-9H2,1-3H3,(H4,16,17,18,19);8-9,14H,2-7H2,1H3/b;;10-8-. The fourth-order valence-electron chi connectivity index (χ4n) is 10.5. The smallest absolute Gasteiger partial charge is 0.410 e. The van der Waals surface area contributed by atoms with Crippen molar-refractivity contribution in [3.63, 3.8) is 0 Å². The summed E-state index contributed by atoms with van der Waals surface area (Å²) in [6.07, 6.45) is 18.6. The molecule has 3 aromatic heterocycles. The monoisotopic (exact) mass is 1050 g/mol. The van der Waals surface area contributed by atoms with Gasteiger partial charge in [0.15, 0.2) is 17.6 Å². The Morgan fingerprint density at radius 2 is 1.17 bits per heavy atom. The van der Waals surface area contributed by atoms with Gasteiger partial charge in [-0.25, -0.2) is 29.5 Å². The molecule has 20 nitrogen and oxygen atoms in total. The lowest BCUT2D eigenvalue weighted by atomic mass is 9.83. The van der Waals surface area contributed by atoms with Crippen LogP contribution in [-0.4, -0.2) is 137 Å². The molecule has 0 unspecified atom stereocenters. The van der Waals surface area contributed by atoms with Gasteiger partial charge in [0, 0.05) is 88.1 Å². The average Bonchev–Trinajstić information content (AvgIpc) is 4.15. The number of pyridine rings is 2. The van der Waals surface area contributed by atoms with E-state index >= 15 is 0 Å². The Labute approximate surface area is 448 Å². The topological polar surface area (TPSA) is 249 Å². The van der Waals surface area contributed by atoms with Crippen LogP contribution >= 0.6 is 0 Å². The number of ether oxygens (including phenoxy) is 4. The molecule has 3 aromatic rings. The molecule has 0 atom stereocenters. The number of aliphatic hydroxyl groups is 1. The fraction of sp³-hybridized carbons (Fsp3) is 0.571. The number of nitrogens with one attached hydrogen (secondary N) is 1. The van der Waals surface area contributed by atoms with Gasteiger partial charge in [-0.05, 0) is 122 Å². The zero-order valence-corrected chi connectivity index (χ0v) is 45.9. The number of Topliss-reactive ketones (excluding diaryl/α,β-unsaturated/α-hetero) is 1. The average molecular weight is 1050 g/mol.